The van der Waals surface area contributed by atoms with Crippen LogP contribution in [0, 0.1) is 0 Å². The van der Waals surface area contributed by atoms with Crippen LogP contribution in [0.25, 0.3) is 0 Å². The number of fused-ring (bicyclic) bond motifs is 2. The van der Waals surface area contributed by atoms with Crippen LogP contribution in [0.3, 0.4) is 0 Å². The van der Waals surface area contributed by atoms with Crippen LogP contribution in [-0.2, 0) is 4.79 Å². The van der Waals surface area contributed by atoms with E-state index in [1.165, 1.54) is 0 Å². The van der Waals surface area contributed by atoms with Crippen LogP contribution in [-0.4, -0.2) is 17.6 Å². The van der Waals surface area contributed by atoms with Gasteiger partial charge in [-0.3, -0.25) is 4.79 Å². The van der Waals surface area contributed by atoms with Crippen molar-refractivity contribution in [1.82, 2.24) is 5.32 Å². The summed E-state index contributed by atoms with van der Waals surface area (Å²) in [5, 5.41) is 2.84. The summed E-state index contributed by atoms with van der Waals surface area (Å²) in [5.74, 6) is -0.0745. The Morgan fingerprint density at radius 2 is 1.89 bits per heavy atom. The number of halogens is 3. The maximum atomic E-state index is 12.5. The fourth-order valence-electron chi connectivity index (χ4n) is 2.57. The van der Waals surface area contributed by atoms with Gasteiger partial charge in [0.25, 0.3) is 0 Å². The summed E-state index contributed by atoms with van der Waals surface area (Å²) >= 11 is 0. The lowest BCUT2D eigenvalue weighted by Gasteiger charge is -2.50. The minimum Gasteiger partial charge on any atom is -0.350 e. The second-order valence-corrected chi connectivity index (χ2v) is 4.62. The lowest BCUT2D eigenvalue weighted by Crippen LogP contribution is -2.57. The molecule has 3 aliphatic rings. The predicted octanol–water partition coefficient (Wildman–Crippen LogP) is 3.72. The van der Waals surface area contributed by atoms with E-state index in [0.29, 0.717) is 31.3 Å². The quantitative estimate of drug-likeness (QED) is 0.756. The maximum Gasteiger partial charge on any atom is 0.412 e. The van der Waals surface area contributed by atoms with E-state index < -0.39 is 6.18 Å². The largest absolute Gasteiger partial charge is 0.412 e. The second kappa shape index (κ2) is 5.33. The fraction of sp³-hybridized carbons (Fsp3) is 0.769. The smallest absolute Gasteiger partial charge is 0.350 e. The van der Waals surface area contributed by atoms with Crippen molar-refractivity contribution in [3.63, 3.8) is 0 Å². The van der Waals surface area contributed by atoms with Crippen LogP contribution in [0.15, 0.2) is 11.1 Å². The first-order chi connectivity index (χ1) is 8.36. The molecule has 0 radical (unpaired) electrons. The molecule has 1 N–H and O–H groups in total. The van der Waals surface area contributed by atoms with Crippen LogP contribution in [0.4, 0.5) is 13.2 Å². The Hall–Kier alpha value is -1.00. The van der Waals surface area contributed by atoms with Gasteiger partial charge in [-0.15, -0.1) is 0 Å². The number of rotatable bonds is 2. The van der Waals surface area contributed by atoms with Gasteiger partial charge >= 0.3 is 6.18 Å². The summed E-state index contributed by atoms with van der Waals surface area (Å²) in [5.41, 5.74) is -0.243. The normalized spacial score (nSPS) is 20.6. The van der Waals surface area contributed by atoms with E-state index in [1.54, 1.807) is 6.92 Å². The zero-order valence-corrected chi connectivity index (χ0v) is 11.1. The van der Waals surface area contributed by atoms with Crippen LogP contribution >= 0.6 is 0 Å². The molecule has 2 bridgehead atoms. The Bertz CT molecular complexity index is 350. The zero-order chi connectivity index (χ0) is 14.0. The molecular weight excluding hydrogens is 243 g/mol. The molecule has 0 aliphatic heterocycles. The van der Waals surface area contributed by atoms with E-state index in [2.05, 4.69) is 5.32 Å². The van der Waals surface area contributed by atoms with Crippen molar-refractivity contribution in [2.45, 2.75) is 64.6 Å². The molecule has 104 valence electrons. The van der Waals surface area contributed by atoms with Crippen molar-refractivity contribution < 1.29 is 18.0 Å². The van der Waals surface area contributed by atoms with E-state index in [0.717, 1.165) is 0 Å². The Morgan fingerprint density at radius 1 is 1.33 bits per heavy atom. The molecule has 1 amide bonds. The number of hydrogen-bond acceptors (Lipinski definition) is 1. The summed E-state index contributed by atoms with van der Waals surface area (Å²) in [7, 11) is 0. The molecule has 0 aromatic carbocycles. The van der Waals surface area contributed by atoms with Crippen LogP contribution in [0.2, 0.25) is 0 Å². The highest BCUT2D eigenvalue weighted by atomic mass is 19.4. The van der Waals surface area contributed by atoms with Gasteiger partial charge in [-0.25, -0.2) is 0 Å². The second-order valence-electron chi connectivity index (χ2n) is 4.62. The molecule has 0 spiro atoms. The molecule has 0 aromatic rings. The highest BCUT2D eigenvalue weighted by Gasteiger charge is 2.51. The highest BCUT2D eigenvalue weighted by molar-refractivity contribution is 5.77. The van der Waals surface area contributed by atoms with Crippen molar-refractivity contribution in [3.05, 3.63) is 11.1 Å². The monoisotopic (exact) mass is 263 g/mol. The molecule has 5 heteroatoms. The van der Waals surface area contributed by atoms with Gasteiger partial charge in [0.1, 0.15) is 0 Å². The van der Waals surface area contributed by atoms with Crippen LogP contribution < -0.4 is 5.32 Å². The average molecular weight is 263 g/mol. The van der Waals surface area contributed by atoms with E-state index >= 15 is 0 Å². The van der Waals surface area contributed by atoms with Gasteiger partial charge in [0.05, 0.1) is 0 Å². The third kappa shape index (κ3) is 2.87. The molecule has 3 aliphatic carbocycles. The first-order valence-electron chi connectivity index (χ1n) is 6.45. The van der Waals surface area contributed by atoms with E-state index in [-0.39, 0.29) is 23.4 Å². The van der Waals surface area contributed by atoms with Gasteiger partial charge in [0.2, 0.25) is 5.91 Å². The van der Waals surface area contributed by atoms with Gasteiger partial charge < -0.3 is 5.32 Å². The van der Waals surface area contributed by atoms with Crippen molar-refractivity contribution in [2.75, 3.05) is 0 Å². The van der Waals surface area contributed by atoms with Crippen LogP contribution in [0.1, 0.15) is 52.9 Å². The van der Waals surface area contributed by atoms with Crippen molar-refractivity contribution in [1.29, 1.82) is 0 Å². The maximum absolute atomic E-state index is 12.5. The summed E-state index contributed by atoms with van der Waals surface area (Å²) in [6, 6.07) is 0. The standard InChI is InChI=1S/C11H14F3NO.C2H6/c1-2-9(16)15-10-4-3-8(11(12,13)14)7(5-10)6-10;1-2/h2-6H2,1H3,(H,15,16);1-2H3. The number of amides is 1. The number of carbonyl (C=O) groups is 1. The predicted molar refractivity (Wildman–Crippen MR) is 64.1 cm³/mol. The molecule has 2 nitrogen and oxygen atoms in total. The molecule has 0 unspecified atom stereocenters. The SMILES string of the molecule is CC.CCC(=O)NC12CCC(C(F)(F)F)=C(C1)C2. The summed E-state index contributed by atoms with van der Waals surface area (Å²) in [6.45, 7) is 5.74. The molecule has 0 heterocycles. The van der Waals surface area contributed by atoms with Crippen molar-refractivity contribution in [2.24, 2.45) is 0 Å². The van der Waals surface area contributed by atoms with Gasteiger partial charge in [-0.2, -0.15) is 13.2 Å². The van der Waals surface area contributed by atoms with Gasteiger partial charge in [-0.1, -0.05) is 26.3 Å². The van der Waals surface area contributed by atoms with E-state index in [1.807, 2.05) is 13.8 Å². The zero-order valence-electron chi connectivity index (χ0n) is 11.1. The molecular formula is C13H20F3NO. The third-order valence-corrected chi connectivity index (χ3v) is 3.45. The molecule has 1 fully saturated rings. The third-order valence-electron chi connectivity index (χ3n) is 3.45. The summed E-state index contributed by atoms with van der Waals surface area (Å²) < 4.78 is 37.6. The topological polar surface area (TPSA) is 29.1 Å². The first-order valence-corrected chi connectivity index (χ1v) is 6.45. The van der Waals surface area contributed by atoms with Crippen molar-refractivity contribution >= 4 is 5.91 Å². The number of carbonyl (C=O) groups excluding carboxylic acids is 1. The molecule has 0 saturated heterocycles. The number of allylic oxidation sites excluding steroid dienone is 1. The number of hydrogen-bond donors (Lipinski definition) is 1. The summed E-state index contributed by atoms with van der Waals surface area (Å²) in [6.07, 6.45) is -2.58. The number of nitrogens with one attached hydrogen (secondary N) is 1. The van der Waals surface area contributed by atoms with E-state index in [4.69, 9.17) is 0 Å². The molecule has 18 heavy (non-hydrogen) atoms. The molecule has 0 atom stereocenters. The summed E-state index contributed by atoms with van der Waals surface area (Å²) in [4.78, 5) is 11.2. The van der Waals surface area contributed by atoms with Crippen molar-refractivity contribution in [3.8, 4) is 0 Å². The number of alkyl halides is 3. The average Bonchev–Trinajstić information content (AvgIpc) is 2.29. The van der Waals surface area contributed by atoms with E-state index in [9.17, 15) is 18.0 Å². The van der Waals surface area contributed by atoms with Gasteiger partial charge in [0, 0.05) is 17.5 Å². The Labute approximate surface area is 106 Å². The molecule has 0 aromatic heterocycles. The minimum atomic E-state index is -4.18. The Balaban J connectivity index is 0.000000771. The minimum absolute atomic E-state index is 0.0445. The molecule has 3 rings (SSSR count). The van der Waals surface area contributed by atoms with Crippen LogP contribution in [0.5, 0.6) is 0 Å². The Morgan fingerprint density at radius 3 is 2.22 bits per heavy atom. The van der Waals surface area contributed by atoms with Gasteiger partial charge in [0.15, 0.2) is 0 Å². The fourth-order valence-corrected chi connectivity index (χ4v) is 2.57. The molecule has 1 saturated carbocycles. The lowest BCUT2D eigenvalue weighted by molar-refractivity contribution is -0.124. The Kier molecular flexibility index (Phi) is 4.46. The van der Waals surface area contributed by atoms with Gasteiger partial charge in [-0.05, 0) is 25.7 Å². The lowest BCUT2D eigenvalue weighted by atomic mass is 9.62. The highest BCUT2D eigenvalue weighted by Crippen LogP contribution is 2.52. The first kappa shape index (κ1) is 15.1.